The van der Waals surface area contributed by atoms with E-state index in [0.29, 0.717) is 13.0 Å². The number of halogens is 1. The maximum absolute atomic E-state index is 12.8. The monoisotopic (exact) mass is 428 g/mol. The summed E-state index contributed by atoms with van der Waals surface area (Å²) in [6, 6.07) is 8.26. The third kappa shape index (κ3) is 4.37. The normalized spacial score (nSPS) is 15.4. The van der Waals surface area contributed by atoms with Crippen LogP contribution < -0.4 is 0 Å². The first kappa shape index (κ1) is 20.9. The fourth-order valence-corrected chi connectivity index (χ4v) is 4.23. The largest absolute Gasteiger partial charge is 0.340 e. The number of hydrogen-bond donors (Lipinski definition) is 0. The average Bonchev–Trinajstić information content (AvgIpc) is 3.30. The average molecular weight is 429 g/mol. The van der Waals surface area contributed by atoms with E-state index in [4.69, 9.17) is 11.6 Å². The number of fused-ring (bicyclic) bond motifs is 1. The van der Waals surface area contributed by atoms with Crippen molar-refractivity contribution >= 4 is 28.5 Å². The summed E-state index contributed by atoms with van der Waals surface area (Å²) in [4.78, 5) is 17.1. The Kier molecular flexibility index (Phi) is 6.11. The summed E-state index contributed by atoms with van der Waals surface area (Å²) in [5, 5.41) is 9.89. The molecular weight excluding hydrogens is 400 g/mol. The van der Waals surface area contributed by atoms with Gasteiger partial charge in [0.2, 0.25) is 5.91 Å². The second-order valence-corrected chi connectivity index (χ2v) is 8.70. The van der Waals surface area contributed by atoms with E-state index in [2.05, 4.69) is 41.1 Å². The summed E-state index contributed by atoms with van der Waals surface area (Å²) in [5.74, 6) is 0.193. The first-order valence-corrected chi connectivity index (χ1v) is 11.0. The molecule has 7 nitrogen and oxygen atoms in total. The molecule has 2 aromatic heterocycles. The second-order valence-electron chi connectivity index (χ2n) is 8.26. The zero-order chi connectivity index (χ0) is 21.3. The molecule has 3 heterocycles. The summed E-state index contributed by atoms with van der Waals surface area (Å²) in [7, 11) is 0. The van der Waals surface area contributed by atoms with Crippen LogP contribution in [-0.2, 0) is 17.9 Å². The van der Waals surface area contributed by atoms with E-state index >= 15 is 0 Å². The molecule has 0 radical (unpaired) electrons. The van der Waals surface area contributed by atoms with E-state index in [1.54, 1.807) is 0 Å². The summed E-state index contributed by atoms with van der Waals surface area (Å²) >= 11 is 5.96. The molecule has 0 atom stereocenters. The highest BCUT2D eigenvalue weighted by molar-refractivity contribution is 6.30. The summed E-state index contributed by atoms with van der Waals surface area (Å²) in [6.07, 6.45) is 2.32. The van der Waals surface area contributed by atoms with Crippen molar-refractivity contribution in [1.82, 2.24) is 29.4 Å². The quantitative estimate of drug-likeness (QED) is 0.602. The highest BCUT2D eigenvalue weighted by atomic mass is 35.5. The van der Waals surface area contributed by atoms with Crippen molar-refractivity contribution in [2.24, 2.45) is 0 Å². The fraction of sp³-hybridized carbons (Fsp3) is 0.500. The number of piperazine rings is 1. The molecule has 8 heteroatoms. The predicted octanol–water partition coefficient (Wildman–Crippen LogP) is 3.51. The maximum atomic E-state index is 12.8. The third-order valence-corrected chi connectivity index (χ3v) is 5.99. The van der Waals surface area contributed by atoms with E-state index in [0.717, 1.165) is 54.5 Å². The third-order valence-electron chi connectivity index (χ3n) is 5.74. The Bertz CT molecular complexity index is 1010. The van der Waals surface area contributed by atoms with Crippen molar-refractivity contribution in [2.45, 2.75) is 46.3 Å². The number of aryl methyl sites for hydroxylation is 2. The van der Waals surface area contributed by atoms with Gasteiger partial charge in [-0.3, -0.25) is 19.1 Å². The Morgan fingerprint density at radius 3 is 2.50 bits per heavy atom. The Morgan fingerprint density at radius 2 is 1.83 bits per heavy atom. The van der Waals surface area contributed by atoms with Gasteiger partial charge in [-0.1, -0.05) is 23.7 Å². The van der Waals surface area contributed by atoms with Gasteiger partial charge in [-0.15, -0.1) is 0 Å². The number of amides is 1. The van der Waals surface area contributed by atoms with Crippen molar-refractivity contribution in [1.29, 1.82) is 0 Å². The molecule has 30 heavy (non-hydrogen) atoms. The molecule has 0 saturated carbocycles. The molecule has 1 aromatic carbocycles. The maximum Gasteiger partial charge on any atom is 0.224 e. The van der Waals surface area contributed by atoms with Crippen molar-refractivity contribution in [3.8, 4) is 0 Å². The van der Waals surface area contributed by atoms with Gasteiger partial charge in [0, 0.05) is 50.2 Å². The van der Waals surface area contributed by atoms with E-state index in [-0.39, 0.29) is 11.9 Å². The molecule has 1 saturated heterocycles. The first-order chi connectivity index (χ1) is 14.4. The van der Waals surface area contributed by atoms with Crippen LogP contribution in [0, 0.1) is 6.92 Å². The lowest BCUT2D eigenvalue weighted by atomic mass is 10.2. The fourth-order valence-electron chi connectivity index (χ4n) is 4.10. The number of benzene rings is 1. The minimum Gasteiger partial charge on any atom is -0.340 e. The lowest BCUT2D eigenvalue weighted by Crippen LogP contribution is -2.48. The van der Waals surface area contributed by atoms with Gasteiger partial charge in [0.1, 0.15) is 11.0 Å². The minimum atomic E-state index is 0.193. The van der Waals surface area contributed by atoms with E-state index in [9.17, 15) is 4.79 Å². The van der Waals surface area contributed by atoms with Crippen molar-refractivity contribution < 1.29 is 4.79 Å². The summed E-state index contributed by atoms with van der Waals surface area (Å²) in [5.41, 5.74) is 4.27. The van der Waals surface area contributed by atoms with Crippen LogP contribution in [0.5, 0.6) is 0 Å². The van der Waals surface area contributed by atoms with Gasteiger partial charge >= 0.3 is 0 Å². The van der Waals surface area contributed by atoms with Gasteiger partial charge in [0.15, 0.2) is 0 Å². The van der Waals surface area contributed by atoms with Gasteiger partial charge in [-0.25, -0.2) is 0 Å². The van der Waals surface area contributed by atoms with Crippen LogP contribution in [0.2, 0.25) is 5.02 Å². The van der Waals surface area contributed by atoms with Crippen LogP contribution in [0.3, 0.4) is 0 Å². The Hall–Kier alpha value is -2.38. The van der Waals surface area contributed by atoms with Crippen LogP contribution in [0.25, 0.3) is 11.0 Å². The summed E-state index contributed by atoms with van der Waals surface area (Å²) in [6.45, 7) is 11.0. The van der Waals surface area contributed by atoms with Gasteiger partial charge in [-0.05, 0) is 38.5 Å². The van der Waals surface area contributed by atoms with Crippen LogP contribution in [0.4, 0.5) is 0 Å². The SMILES string of the molecule is Cc1nn(C(C)C)c2cnn(CCC(=O)N3CCN(Cc4ccc(Cl)cc4)CC3)c12. The first-order valence-electron chi connectivity index (χ1n) is 10.6. The Labute approximate surface area is 182 Å². The number of rotatable bonds is 6. The topological polar surface area (TPSA) is 59.2 Å². The molecular formula is C22H29ClN6O. The number of hydrogen-bond acceptors (Lipinski definition) is 4. The molecule has 0 bridgehead atoms. The lowest BCUT2D eigenvalue weighted by molar-refractivity contribution is -0.133. The zero-order valence-electron chi connectivity index (χ0n) is 17.9. The Morgan fingerprint density at radius 1 is 1.13 bits per heavy atom. The molecule has 160 valence electrons. The molecule has 1 fully saturated rings. The van der Waals surface area contributed by atoms with E-state index in [1.807, 2.05) is 39.5 Å². The number of carbonyl (C=O) groups is 1. The number of aromatic nitrogens is 4. The molecule has 0 N–H and O–H groups in total. The van der Waals surface area contributed by atoms with Crippen molar-refractivity contribution in [3.63, 3.8) is 0 Å². The predicted molar refractivity (Wildman–Crippen MR) is 119 cm³/mol. The molecule has 1 aliphatic rings. The van der Waals surface area contributed by atoms with E-state index < -0.39 is 0 Å². The summed E-state index contributed by atoms with van der Waals surface area (Å²) < 4.78 is 3.92. The van der Waals surface area contributed by atoms with Gasteiger partial charge in [0.05, 0.1) is 18.4 Å². The second kappa shape index (κ2) is 8.78. The molecule has 3 aromatic rings. The standard InChI is InChI=1S/C22H29ClN6O/c1-16(2)29-20-14-24-28(22(20)17(3)25-29)9-8-21(30)27-12-10-26(11-13-27)15-18-4-6-19(23)7-5-18/h4-7,14,16H,8-13,15H2,1-3H3. The molecule has 1 amide bonds. The van der Waals surface area contributed by atoms with Gasteiger partial charge in [-0.2, -0.15) is 10.2 Å². The molecule has 0 spiro atoms. The van der Waals surface area contributed by atoms with Crippen LogP contribution in [0.1, 0.15) is 37.6 Å². The van der Waals surface area contributed by atoms with E-state index in [1.165, 1.54) is 5.56 Å². The number of carbonyl (C=O) groups excluding carboxylic acids is 1. The smallest absolute Gasteiger partial charge is 0.224 e. The molecule has 1 aliphatic heterocycles. The Balaban J connectivity index is 1.30. The van der Waals surface area contributed by atoms with Crippen LogP contribution in [-0.4, -0.2) is 61.4 Å². The lowest BCUT2D eigenvalue weighted by Gasteiger charge is -2.34. The van der Waals surface area contributed by atoms with Gasteiger partial charge in [0.25, 0.3) is 0 Å². The van der Waals surface area contributed by atoms with Gasteiger partial charge < -0.3 is 4.90 Å². The highest BCUT2D eigenvalue weighted by Crippen LogP contribution is 2.21. The van der Waals surface area contributed by atoms with Crippen LogP contribution in [0.15, 0.2) is 30.5 Å². The zero-order valence-corrected chi connectivity index (χ0v) is 18.6. The molecule has 4 rings (SSSR count). The molecule has 0 unspecified atom stereocenters. The molecule has 0 aliphatic carbocycles. The highest BCUT2D eigenvalue weighted by Gasteiger charge is 2.22. The van der Waals surface area contributed by atoms with Crippen LogP contribution >= 0.6 is 11.6 Å². The van der Waals surface area contributed by atoms with Crippen molar-refractivity contribution in [2.75, 3.05) is 26.2 Å². The van der Waals surface area contributed by atoms with Crippen molar-refractivity contribution in [3.05, 3.63) is 46.7 Å². The number of nitrogens with zero attached hydrogens (tertiary/aromatic N) is 6. The minimum absolute atomic E-state index is 0.193.